The minimum atomic E-state index is -1.04. The lowest BCUT2D eigenvalue weighted by atomic mass is 10.1. The number of nitrogens with one attached hydrogen (secondary N) is 1. The maximum atomic E-state index is 14.2. The van der Waals surface area contributed by atoms with E-state index in [-0.39, 0.29) is 10.7 Å². The van der Waals surface area contributed by atoms with Crippen LogP contribution in [0.2, 0.25) is 0 Å². The van der Waals surface area contributed by atoms with Crippen LogP contribution in [-0.2, 0) is 11.3 Å². The van der Waals surface area contributed by atoms with Gasteiger partial charge in [0.1, 0.15) is 10.7 Å². The van der Waals surface area contributed by atoms with Crippen molar-refractivity contribution in [1.82, 2.24) is 14.5 Å². The molecule has 2 aromatic heterocycles. The number of thioether (sulfide) groups is 1. The Morgan fingerprint density at radius 2 is 1.81 bits per heavy atom. The smallest absolute Gasteiger partial charge is 0.342 e. The summed E-state index contributed by atoms with van der Waals surface area (Å²) in [5.74, 6) is -1.31. The number of para-hydroxylation sites is 3. The lowest BCUT2D eigenvalue weighted by Gasteiger charge is -2.06. The fourth-order valence-corrected chi connectivity index (χ4v) is 4.48. The number of rotatable bonds is 6. The van der Waals surface area contributed by atoms with Crippen LogP contribution in [0.1, 0.15) is 11.1 Å². The van der Waals surface area contributed by atoms with Crippen LogP contribution in [0, 0.1) is 5.82 Å². The van der Waals surface area contributed by atoms with Crippen LogP contribution in [-0.4, -0.2) is 25.6 Å². The molecule has 0 bridgehead atoms. The Labute approximate surface area is 187 Å². The molecule has 0 aliphatic rings. The molecule has 0 unspecified atom stereocenters. The number of H-pyrrole nitrogens is 1. The third-order valence-electron chi connectivity index (χ3n) is 5.19. The number of aromatic amines is 1. The molecular formula is C25H18FN3O2S. The molecule has 5 rings (SSSR count). The maximum absolute atomic E-state index is 14.2. The highest BCUT2D eigenvalue weighted by Gasteiger charge is 2.16. The minimum absolute atomic E-state index is 0.137. The first-order valence-electron chi connectivity index (χ1n) is 9.97. The number of benzene rings is 3. The second kappa shape index (κ2) is 8.36. The van der Waals surface area contributed by atoms with Crippen molar-refractivity contribution in [2.24, 2.45) is 0 Å². The standard InChI is InChI=1S/C25H18FN3O2S/c26-19-9-3-1-7-16(19)14-29-15-17(18-8-2-6-12-22(18)29)13-23(24(30)31)32-25-27-20-10-4-5-11-21(20)28-25/h1-13,15H,14H2,(H,27,28)(H,30,31)/b23-13-. The van der Waals surface area contributed by atoms with Crippen molar-refractivity contribution in [2.45, 2.75) is 11.7 Å². The molecular weight excluding hydrogens is 425 g/mol. The largest absolute Gasteiger partial charge is 0.477 e. The normalized spacial score (nSPS) is 12.0. The Bertz CT molecular complexity index is 1450. The molecule has 0 saturated carbocycles. The molecule has 7 heteroatoms. The third-order valence-corrected chi connectivity index (χ3v) is 6.09. The highest BCUT2D eigenvalue weighted by molar-refractivity contribution is 8.04. The molecule has 0 amide bonds. The molecule has 0 fully saturated rings. The summed E-state index contributed by atoms with van der Waals surface area (Å²) in [7, 11) is 0. The molecule has 0 saturated heterocycles. The molecule has 0 aliphatic carbocycles. The second-order valence-electron chi connectivity index (χ2n) is 7.30. The fourth-order valence-electron chi connectivity index (χ4n) is 3.69. The van der Waals surface area contributed by atoms with Gasteiger partial charge < -0.3 is 14.7 Å². The van der Waals surface area contributed by atoms with Gasteiger partial charge in [-0.2, -0.15) is 0 Å². The van der Waals surface area contributed by atoms with Crippen molar-refractivity contribution in [3.8, 4) is 0 Å². The second-order valence-corrected chi connectivity index (χ2v) is 8.33. The molecule has 0 radical (unpaired) electrons. The topological polar surface area (TPSA) is 70.9 Å². The van der Waals surface area contributed by atoms with Gasteiger partial charge in [0.2, 0.25) is 0 Å². The highest BCUT2D eigenvalue weighted by Crippen LogP contribution is 2.31. The summed E-state index contributed by atoms with van der Waals surface area (Å²) in [6.07, 6.45) is 3.50. The summed E-state index contributed by atoms with van der Waals surface area (Å²) in [6.45, 7) is 0.347. The predicted octanol–water partition coefficient (Wildman–Crippen LogP) is 5.92. The molecule has 158 valence electrons. The number of hydrogen-bond donors (Lipinski definition) is 2. The summed E-state index contributed by atoms with van der Waals surface area (Å²) in [5, 5.41) is 11.2. The number of carboxylic acids is 1. The molecule has 2 heterocycles. The first-order chi connectivity index (χ1) is 15.6. The van der Waals surface area contributed by atoms with Gasteiger partial charge in [-0.25, -0.2) is 14.2 Å². The van der Waals surface area contributed by atoms with E-state index < -0.39 is 5.97 Å². The van der Waals surface area contributed by atoms with Crippen molar-refractivity contribution in [3.05, 3.63) is 101 Å². The van der Waals surface area contributed by atoms with Crippen LogP contribution >= 0.6 is 11.8 Å². The number of carbonyl (C=O) groups is 1. The Morgan fingerprint density at radius 3 is 2.62 bits per heavy atom. The van der Waals surface area contributed by atoms with Gasteiger partial charge in [-0.15, -0.1) is 0 Å². The minimum Gasteiger partial charge on any atom is -0.477 e. The van der Waals surface area contributed by atoms with Gasteiger partial charge in [-0.1, -0.05) is 48.5 Å². The first-order valence-corrected chi connectivity index (χ1v) is 10.8. The van der Waals surface area contributed by atoms with E-state index in [1.807, 2.05) is 59.3 Å². The Balaban J connectivity index is 1.54. The van der Waals surface area contributed by atoms with E-state index in [0.717, 1.165) is 39.3 Å². The van der Waals surface area contributed by atoms with Gasteiger partial charge in [0.15, 0.2) is 5.16 Å². The van der Waals surface area contributed by atoms with Gasteiger partial charge in [0, 0.05) is 28.2 Å². The molecule has 0 spiro atoms. The van der Waals surface area contributed by atoms with Crippen LogP contribution in [0.15, 0.2) is 89.1 Å². The van der Waals surface area contributed by atoms with Gasteiger partial charge in [0.05, 0.1) is 17.6 Å². The predicted molar refractivity (Wildman–Crippen MR) is 125 cm³/mol. The monoisotopic (exact) mass is 443 g/mol. The lowest BCUT2D eigenvalue weighted by molar-refractivity contribution is -0.131. The zero-order chi connectivity index (χ0) is 22.1. The summed E-state index contributed by atoms with van der Waals surface area (Å²) in [4.78, 5) is 19.8. The average Bonchev–Trinajstić information content (AvgIpc) is 3.36. The van der Waals surface area contributed by atoms with E-state index >= 15 is 0 Å². The van der Waals surface area contributed by atoms with Gasteiger partial charge >= 0.3 is 5.97 Å². The molecule has 5 nitrogen and oxygen atoms in total. The Morgan fingerprint density at radius 1 is 1.06 bits per heavy atom. The highest BCUT2D eigenvalue weighted by atomic mass is 32.2. The van der Waals surface area contributed by atoms with Crippen molar-refractivity contribution >= 4 is 45.7 Å². The summed E-state index contributed by atoms with van der Waals surface area (Å²) < 4.78 is 16.1. The van der Waals surface area contributed by atoms with Crippen LogP contribution < -0.4 is 0 Å². The molecule has 0 atom stereocenters. The molecule has 2 N–H and O–H groups in total. The van der Waals surface area contributed by atoms with E-state index in [4.69, 9.17) is 0 Å². The van der Waals surface area contributed by atoms with E-state index in [1.165, 1.54) is 6.07 Å². The number of aromatic nitrogens is 3. The molecule has 3 aromatic carbocycles. The number of carboxylic acid groups (broad SMARTS) is 1. The fraction of sp³-hybridized carbons (Fsp3) is 0.0400. The van der Waals surface area contributed by atoms with Crippen LogP contribution in [0.3, 0.4) is 0 Å². The number of aliphatic carboxylic acids is 1. The number of imidazole rings is 1. The maximum Gasteiger partial charge on any atom is 0.342 e. The number of nitrogens with zero attached hydrogens (tertiary/aromatic N) is 2. The Kier molecular flexibility index (Phi) is 5.25. The van der Waals surface area contributed by atoms with Crippen molar-refractivity contribution < 1.29 is 14.3 Å². The summed E-state index contributed by atoms with van der Waals surface area (Å²) in [6, 6.07) is 21.9. The number of hydrogen-bond acceptors (Lipinski definition) is 3. The first kappa shape index (κ1) is 20.1. The quantitative estimate of drug-likeness (QED) is 0.252. The number of halogens is 1. The van der Waals surface area contributed by atoms with E-state index in [1.54, 1.807) is 24.3 Å². The van der Waals surface area contributed by atoms with Gasteiger partial charge in [0.25, 0.3) is 0 Å². The van der Waals surface area contributed by atoms with E-state index in [9.17, 15) is 14.3 Å². The zero-order valence-corrected chi connectivity index (χ0v) is 17.6. The third kappa shape index (κ3) is 3.90. The van der Waals surface area contributed by atoms with E-state index in [0.29, 0.717) is 17.3 Å². The Hall–Kier alpha value is -3.84. The van der Waals surface area contributed by atoms with E-state index in [2.05, 4.69) is 9.97 Å². The molecule has 32 heavy (non-hydrogen) atoms. The average molecular weight is 444 g/mol. The zero-order valence-electron chi connectivity index (χ0n) is 16.8. The van der Waals surface area contributed by atoms with Gasteiger partial charge in [-0.05, 0) is 42.1 Å². The molecule has 0 aliphatic heterocycles. The van der Waals surface area contributed by atoms with Gasteiger partial charge in [-0.3, -0.25) is 0 Å². The number of fused-ring (bicyclic) bond motifs is 2. The van der Waals surface area contributed by atoms with Crippen molar-refractivity contribution in [2.75, 3.05) is 0 Å². The SMILES string of the molecule is O=C(O)/C(=C/c1cn(Cc2ccccc2F)c2ccccc12)Sc1nc2ccccc2[nH]1. The summed E-state index contributed by atoms with van der Waals surface area (Å²) in [5.41, 5.74) is 3.85. The lowest BCUT2D eigenvalue weighted by Crippen LogP contribution is -2.00. The van der Waals surface area contributed by atoms with Crippen LogP contribution in [0.5, 0.6) is 0 Å². The summed E-state index contributed by atoms with van der Waals surface area (Å²) >= 11 is 1.07. The van der Waals surface area contributed by atoms with Crippen molar-refractivity contribution in [3.63, 3.8) is 0 Å². The van der Waals surface area contributed by atoms with Crippen LogP contribution in [0.25, 0.3) is 28.0 Å². The molecule has 5 aromatic rings. The van der Waals surface area contributed by atoms with Crippen LogP contribution in [0.4, 0.5) is 4.39 Å². The van der Waals surface area contributed by atoms with Crippen molar-refractivity contribution in [1.29, 1.82) is 0 Å².